The average Bonchev–Trinajstić information content (AvgIpc) is 2.41. The molecular weight excluding hydrogens is 222 g/mol. The molecule has 1 aliphatic heterocycles. The van der Waals surface area contributed by atoms with E-state index < -0.39 is 0 Å². The number of hydrogen-bond acceptors (Lipinski definition) is 2. The van der Waals surface area contributed by atoms with Crippen LogP contribution in [0.15, 0.2) is 12.1 Å². The Morgan fingerprint density at radius 3 is 2.78 bits per heavy atom. The normalized spacial score (nSPS) is 24.0. The smallest absolute Gasteiger partial charge is 0.126 e. The first-order chi connectivity index (χ1) is 8.67. The highest BCUT2D eigenvalue weighted by Crippen LogP contribution is 2.36. The second kappa shape index (κ2) is 5.75. The van der Waals surface area contributed by atoms with Gasteiger partial charge in [0.1, 0.15) is 5.75 Å². The first-order valence-electron chi connectivity index (χ1n) is 7.04. The van der Waals surface area contributed by atoms with Gasteiger partial charge in [-0.3, -0.25) is 0 Å². The van der Waals surface area contributed by atoms with Crippen LogP contribution in [0.3, 0.4) is 0 Å². The van der Waals surface area contributed by atoms with Crippen LogP contribution in [0, 0.1) is 19.8 Å². The van der Waals surface area contributed by atoms with Crippen molar-refractivity contribution in [2.75, 3.05) is 13.7 Å². The molecular formula is C16H25NO. The molecule has 1 fully saturated rings. The molecule has 0 radical (unpaired) electrons. The van der Waals surface area contributed by atoms with Crippen molar-refractivity contribution in [3.05, 3.63) is 28.8 Å². The minimum absolute atomic E-state index is 0.456. The lowest BCUT2D eigenvalue weighted by Crippen LogP contribution is -2.31. The molecule has 1 aromatic carbocycles. The van der Waals surface area contributed by atoms with Crippen LogP contribution >= 0.6 is 0 Å². The number of ether oxygens (including phenoxy) is 1. The van der Waals surface area contributed by atoms with E-state index in [1.54, 1.807) is 7.11 Å². The van der Waals surface area contributed by atoms with Crippen LogP contribution in [0.1, 0.15) is 48.9 Å². The van der Waals surface area contributed by atoms with Crippen molar-refractivity contribution in [2.45, 2.75) is 46.1 Å². The number of benzene rings is 1. The highest BCUT2D eigenvalue weighted by atomic mass is 16.5. The maximum absolute atomic E-state index is 5.64. The lowest BCUT2D eigenvalue weighted by Gasteiger charge is -2.31. The number of rotatable bonds is 3. The lowest BCUT2D eigenvalue weighted by molar-refractivity contribution is 0.291. The Bertz CT molecular complexity index is 414. The quantitative estimate of drug-likeness (QED) is 0.878. The number of nitrogens with one attached hydrogen (secondary N) is 1. The second-order valence-electron chi connectivity index (χ2n) is 5.44. The fraction of sp³-hybridized carbons (Fsp3) is 0.625. The van der Waals surface area contributed by atoms with E-state index in [9.17, 15) is 0 Å². The molecule has 1 aromatic rings. The van der Waals surface area contributed by atoms with Crippen molar-refractivity contribution in [1.82, 2.24) is 5.32 Å². The van der Waals surface area contributed by atoms with Gasteiger partial charge in [-0.25, -0.2) is 0 Å². The van der Waals surface area contributed by atoms with E-state index in [4.69, 9.17) is 4.74 Å². The average molecular weight is 247 g/mol. The third-order valence-electron chi connectivity index (χ3n) is 4.38. The van der Waals surface area contributed by atoms with Gasteiger partial charge in [0.05, 0.1) is 7.11 Å². The molecule has 0 aliphatic carbocycles. The lowest BCUT2D eigenvalue weighted by atomic mass is 9.86. The standard InChI is InChI=1S/C16H25NO/c1-5-13-8-9-17-15(10-13)14-7-6-11(2)12(3)16(14)18-4/h6-7,13,15,17H,5,8-10H2,1-4H3. The van der Waals surface area contributed by atoms with Gasteiger partial charge in [0.2, 0.25) is 0 Å². The third-order valence-corrected chi connectivity index (χ3v) is 4.38. The highest BCUT2D eigenvalue weighted by molar-refractivity contribution is 5.46. The molecule has 0 saturated carbocycles. The van der Waals surface area contributed by atoms with Gasteiger partial charge in [0.15, 0.2) is 0 Å². The van der Waals surface area contributed by atoms with E-state index in [1.165, 1.54) is 36.0 Å². The van der Waals surface area contributed by atoms with E-state index >= 15 is 0 Å². The van der Waals surface area contributed by atoms with Gasteiger partial charge in [-0.15, -0.1) is 0 Å². The van der Waals surface area contributed by atoms with Crippen LogP contribution in [0.5, 0.6) is 5.75 Å². The summed E-state index contributed by atoms with van der Waals surface area (Å²) in [6.45, 7) is 7.71. The maximum atomic E-state index is 5.64. The van der Waals surface area contributed by atoms with Gasteiger partial charge in [0, 0.05) is 11.6 Å². The highest BCUT2D eigenvalue weighted by Gasteiger charge is 2.24. The van der Waals surface area contributed by atoms with Crippen molar-refractivity contribution in [1.29, 1.82) is 0 Å². The predicted molar refractivity (Wildman–Crippen MR) is 76.2 cm³/mol. The SMILES string of the molecule is CCC1CCNC(c2ccc(C)c(C)c2OC)C1. The summed E-state index contributed by atoms with van der Waals surface area (Å²) >= 11 is 0. The minimum Gasteiger partial charge on any atom is -0.496 e. The van der Waals surface area contributed by atoms with Gasteiger partial charge in [-0.2, -0.15) is 0 Å². The zero-order chi connectivity index (χ0) is 13.1. The summed E-state index contributed by atoms with van der Waals surface area (Å²) < 4.78 is 5.64. The van der Waals surface area contributed by atoms with Crippen LogP contribution in [-0.4, -0.2) is 13.7 Å². The summed E-state index contributed by atoms with van der Waals surface area (Å²) in [6.07, 6.45) is 3.82. The summed E-state index contributed by atoms with van der Waals surface area (Å²) in [5.41, 5.74) is 3.91. The number of methoxy groups -OCH3 is 1. The molecule has 1 heterocycles. The molecule has 2 rings (SSSR count). The zero-order valence-electron chi connectivity index (χ0n) is 12.0. The first-order valence-corrected chi connectivity index (χ1v) is 7.04. The number of piperidine rings is 1. The van der Waals surface area contributed by atoms with Crippen LogP contribution < -0.4 is 10.1 Å². The van der Waals surface area contributed by atoms with Crippen LogP contribution in [-0.2, 0) is 0 Å². The van der Waals surface area contributed by atoms with E-state index in [2.05, 4.69) is 38.2 Å². The topological polar surface area (TPSA) is 21.3 Å². The minimum atomic E-state index is 0.456. The number of hydrogen-bond donors (Lipinski definition) is 1. The Kier molecular flexibility index (Phi) is 4.28. The van der Waals surface area contributed by atoms with E-state index in [1.807, 2.05) is 0 Å². The molecule has 2 unspecified atom stereocenters. The van der Waals surface area contributed by atoms with Gasteiger partial charge < -0.3 is 10.1 Å². The summed E-state index contributed by atoms with van der Waals surface area (Å²) in [5.74, 6) is 1.92. The fourth-order valence-electron chi connectivity index (χ4n) is 2.96. The van der Waals surface area contributed by atoms with E-state index in [0.29, 0.717) is 6.04 Å². The van der Waals surface area contributed by atoms with Gasteiger partial charge in [-0.1, -0.05) is 25.5 Å². The molecule has 1 aliphatic rings. The van der Waals surface area contributed by atoms with Gasteiger partial charge >= 0.3 is 0 Å². The van der Waals surface area contributed by atoms with Crippen molar-refractivity contribution >= 4 is 0 Å². The molecule has 1 N–H and O–H groups in total. The van der Waals surface area contributed by atoms with Gasteiger partial charge in [0.25, 0.3) is 0 Å². The maximum Gasteiger partial charge on any atom is 0.126 e. The fourth-order valence-corrected chi connectivity index (χ4v) is 2.96. The molecule has 100 valence electrons. The van der Waals surface area contributed by atoms with Crippen molar-refractivity contribution in [3.8, 4) is 5.75 Å². The third kappa shape index (κ3) is 2.54. The van der Waals surface area contributed by atoms with E-state index in [-0.39, 0.29) is 0 Å². The monoisotopic (exact) mass is 247 g/mol. The second-order valence-corrected chi connectivity index (χ2v) is 5.44. The van der Waals surface area contributed by atoms with Crippen LogP contribution in [0.2, 0.25) is 0 Å². The van der Waals surface area contributed by atoms with Crippen molar-refractivity contribution < 1.29 is 4.74 Å². The molecule has 0 amide bonds. The molecule has 0 bridgehead atoms. The molecule has 0 aromatic heterocycles. The van der Waals surface area contributed by atoms with Crippen molar-refractivity contribution in [3.63, 3.8) is 0 Å². The summed E-state index contributed by atoms with van der Waals surface area (Å²) in [6, 6.07) is 4.90. The molecule has 2 heteroatoms. The Labute approximate surface area is 111 Å². The summed E-state index contributed by atoms with van der Waals surface area (Å²) in [4.78, 5) is 0. The molecule has 1 saturated heterocycles. The zero-order valence-corrected chi connectivity index (χ0v) is 12.0. The van der Waals surface area contributed by atoms with Crippen LogP contribution in [0.25, 0.3) is 0 Å². The molecule has 18 heavy (non-hydrogen) atoms. The van der Waals surface area contributed by atoms with Crippen LogP contribution in [0.4, 0.5) is 0 Å². The Morgan fingerprint density at radius 2 is 2.11 bits per heavy atom. The molecule has 0 spiro atoms. The Balaban J connectivity index is 2.30. The van der Waals surface area contributed by atoms with Gasteiger partial charge in [-0.05, 0) is 50.3 Å². The van der Waals surface area contributed by atoms with Crippen molar-refractivity contribution in [2.24, 2.45) is 5.92 Å². The predicted octanol–water partition coefficient (Wildman–Crippen LogP) is 3.76. The Morgan fingerprint density at radius 1 is 1.33 bits per heavy atom. The molecule has 2 atom stereocenters. The first kappa shape index (κ1) is 13.4. The summed E-state index contributed by atoms with van der Waals surface area (Å²) in [7, 11) is 1.78. The summed E-state index contributed by atoms with van der Waals surface area (Å²) in [5, 5.41) is 3.64. The largest absolute Gasteiger partial charge is 0.496 e. The molecule has 2 nitrogen and oxygen atoms in total. The Hall–Kier alpha value is -1.02. The number of aryl methyl sites for hydroxylation is 1. The van der Waals surface area contributed by atoms with E-state index in [0.717, 1.165) is 18.2 Å².